The van der Waals surface area contributed by atoms with E-state index >= 15 is 0 Å². The number of amides is 2. The van der Waals surface area contributed by atoms with Crippen molar-refractivity contribution in [3.05, 3.63) is 37.5 Å². The molecule has 30 heavy (non-hydrogen) atoms. The number of hydrogen-bond donors (Lipinski definition) is 0. The maximum absolute atomic E-state index is 11.4. The molecule has 5 nitrogen and oxygen atoms in total. The number of carbonyl (C=O) groups is 3. The lowest BCUT2D eigenvalue weighted by Crippen LogP contribution is -2.29. The van der Waals surface area contributed by atoms with Gasteiger partial charge < -0.3 is 14.6 Å². The number of allylic oxidation sites excluding steroid dienone is 4. The van der Waals surface area contributed by atoms with Gasteiger partial charge in [0.05, 0.1) is 0 Å². The van der Waals surface area contributed by atoms with Gasteiger partial charge >= 0.3 is 0 Å². The quantitative estimate of drug-likeness (QED) is 0.428. The third-order valence-corrected chi connectivity index (χ3v) is 5.37. The summed E-state index contributed by atoms with van der Waals surface area (Å²) in [5, 5.41) is 0. The Balaban J connectivity index is 0.000000431. The van der Waals surface area contributed by atoms with Crippen LogP contribution in [0.4, 0.5) is 0 Å². The van der Waals surface area contributed by atoms with Crippen molar-refractivity contribution >= 4 is 18.1 Å². The van der Waals surface area contributed by atoms with Crippen LogP contribution >= 0.6 is 0 Å². The van der Waals surface area contributed by atoms with Crippen LogP contribution in [0, 0.1) is 0 Å². The second-order valence-corrected chi connectivity index (χ2v) is 7.63. The molecule has 0 unspecified atom stereocenters. The van der Waals surface area contributed by atoms with Crippen molar-refractivity contribution in [1.82, 2.24) is 9.80 Å². The number of hydrogen-bond acceptors (Lipinski definition) is 3. The van der Waals surface area contributed by atoms with E-state index in [1.54, 1.807) is 19.1 Å². The van der Waals surface area contributed by atoms with Crippen LogP contribution in [0.2, 0.25) is 0 Å². The highest BCUT2D eigenvalue weighted by Crippen LogP contribution is 2.48. The number of ketones is 1. The van der Waals surface area contributed by atoms with E-state index in [0.29, 0.717) is 24.8 Å². The number of Topliss-reactive ketones (excluding diaryl/α,β-unsaturated/α-hetero) is 1. The minimum absolute atomic E-state index is 0.175. The highest BCUT2D eigenvalue weighted by Gasteiger charge is 2.50. The molecule has 3 fully saturated rings. The molecule has 0 radical (unpaired) electrons. The molecule has 5 heteroatoms. The van der Waals surface area contributed by atoms with Gasteiger partial charge in [0.1, 0.15) is 5.78 Å². The van der Waals surface area contributed by atoms with Gasteiger partial charge in [0.25, 0.3) is 0 Å². The first-order valence-corrected chi connectivity index (χ1v) is 11.4. The number of rotatable bonds is 7. The average molecular weight is 419 g/mol. The summed E-state index contributed by atoms with van der Waals surface area (Å²) in [6.45, 7) is 15.3. The normalized spacial score (nSPS) is 17.7. The molecule has 1 spiro atoms. The van der Waals surface area contributed by atoms with Crippen LogP contribution in [0.15, 0.2) is 37.5 Å². The number of likely N-dealkylation sites (tertiary alicyclic amines) is 2. The Bertz CT molecular complexity index is 549. The third kappa shape index (κ3) is 11.1. The fourth-order valence-electron chi connectivity index (χ4n) is 3.58. The average Bonchev–Trinajstić information content (AvgIpc) is 3.15. The zero-order valence-corrected chi connectivity index (χ0v) is 19.4. The van der Waals surface area contributed by atoms with Crippen molar-refractivity contribution in [2.45, 2.75) is 84.1 Å². The Morgan fingerprint density at radius 1 is 0.900 bits per heavy atom. The van der Waals surface area contributed by atoms with Crippen LogP contribution < -0.4 is 0 Å². The molecule has 0 atom stereocenters. The van der Waals surface area contributed by atoms with Crippen LogP contribution in [-0.4, -0.2) is 53.1 Å². The van der Waals surface area contributed by atoms with Gasteiger partial charge in [-0.3, -0.25) is 9.59 Å². The molecule has 2 saturated heterocycles. The highest BCUT2D eigenvalue weighted by molar-refractivity contribution is 5.78. The molecule has 0 N–H and O–H groups in total. The predicted octanol–water partition coefficient (Wildman–Crippen LogP) is 5.08. The summed E-state index contributed by atoms with van der Waals surface area (Å²) in [6, 6.07) is 0. The van der Waals surface area contributed by atoms with Crippen molar-refractivity contribution in [3.8, 4) is 0 Å². The minimum atomic E-state index is 0.175. The lowest BCUT2D eigenvalue weighted by molar-refractivity contribution is -0.130. The van der Waals surface area contributed by atoms with Crippen molar-refractivity contribution in [2.24, 2.45) is 0 Å². The number of carbonyl (C=O) groups excluding carboxylic acids is 3. The Morgan fingerprint density at radius 2 is 1.47 bits per heavy atom. The van der Waals surface area contributed by atoms with Crippen LogP contribution in [0.3, 0.4) is 0 Å². The van der Waals surface area contributed by atoms with Gasteiger partial charge in [-0.25, -0.2) is 0 Å². The lowest BCUT2D eigenvalue weighted by Gasteiger charge is -2.17. The summed E-state index contributed by atoms with van der Waals surface area (Å²) in [5.74, 6) is 0.396. The first kappa shape index (κ1) is 27.8. The zero-order valence-electron chi connectivity index (χ0n) is 19.4. The molecular formula is C25H42N2O3. The molecular weight excluding hydrogens is 376 g/mol. The fraction of sp³-hybridized carbons (Fsp3) is 0.640. The van der Waals surface area contributed by atoms with E-state index in [4.69, 9.17) is 0 Å². The van der Waals surface area contributed by atoms with E-state index < -0.39 is 0 Å². The van der Waals surface area contributed by atoms with Crippen LogP contribution in [0.5, 0.6) is 0 Å². The standard InChI is InChI=1S/C10H17NO2.C7H11NO.C6H8.C2H6/c1-9(12)5-4-6-10(13)11-7-2-3-8-11;9-6-8-5-1-2-7(8)3-4-7;1-3-5-6-4-2;1-2/h2-8H2,1H3;6H,1-5H2;3-6H,1-2H2;1-2H3/b;;6-5-;. The van der Waals surface area contributed by atoms with Crippen LogP contribution in [-0.2, 0) is 14.4 Å². The molecule has 2 aliphatic heterocycles. The molecule has 0 aromatic heterocycles. The summed E-state index contributed by atoms with van der Waals surface area (Å²) < 4.78 is 0. The minimum Gasteiger partial charge on any atom is -0.343 e. The van der Waals surface area contributed by atoms with E-state index in [9.17, 15) is 14.4 Å². The summed E-state index contributed by atoms with van der Waals surface area (Å²) in [7, 11) is 0. The van der Waals surface area contributed by atoms with Crippen molar-refractivity contribution in [2.75, 3.05) is 19.6 Å². The van der Waals surface area contributed by atoms with Gasteiger partial charge in [-0.1, -0.05) is 51.3 Å². The molecule has 1 aliphatic carbocycles. The summed E-state index contributed by atoms with van der Waals surface area (Å²) in [4.78, 5) is 36.3. The Hall–Kier alpha value is -2.17. The molecule has 2 amide bonds. The Morgan fingerprint density at radius 3 is 1.87 bits per heavy atom. The van der Waals surface area contributed by atoms with Gasteiger partial charge in [-0.2, -0.15) is 0 Å². The second kappa shape index (κ2) is 16.6. The third-order valence-electron chi connectivity index (χ3n) is 5.37. The Labute approximate surface area is 183 Å². The van der Waals surface area contributed by atoms with Crippen molar-refractivity contribution in [1.29, 1.82) is 0 Å². The fourth-order valence-corrected chi connectivity index (χ4v) is 3.58. The van der Waals surface area contributed by atoms with Gasteiger partial charge in [0.2, 0.25) is 12.3 Å². The van der Waals surface area contributed by atoms with E-state index in [1.165, 1.54) is 25.7 Å². The smallest absolute Gasteiger partial charge is 0.222 e. The highest BCUT2D eigenvalue weighted by atomic mass is 16.2. The monoisotopic (exact) mass is 418 g/mol. The summed E-state index contributed by atoms with van der Waals surface area (Å²) >= 11 is 0. The zero-order chi connectivity index (χ0) is 22.8. The maximum Gasteiger partial charge on any atom is 0.222 e. The maximum atomic E-state index is 11.4. The largest absolute Gasteiger partial charge is 0.343 e. The first-order chi connectivity index (χ1) is 14.5. The molecule has 1 saturated carbocycles. The second-order valence-electron chi connectivity index (χ2n) is 7.63. The van der Waals surface area contributed by atoms with E-state index in [2.05, 4.69) is 13.2 Å². The van der Waals surface area contributed by atoms with Crippen molar-refractivity contribution in [3.63, 3.8) is 0 Å². The molecule has 170 valence electrons. The molecule has 3 aliphatic rings. The van der Waals surface area contributed by atoms with Gasteiger partial charge in [0.15, 0.2) is 0 Å². The molecule has 0 bridgehead atoms. The SMILES string of the molecule is C=C/C=C\C=C.CC.CC(=O)CCCC(=O)N1CCCC1.O=CN1CCCC12CC2. The van der Waals surface area contributed by atoms with Crippen molar-refractivity contribution < 1.29 is 14.4 Å². The van der Waals surface area contributed by atoms with Gasteiger partial charge in [-0.05, 0) is 51.9 Å². The van der Waals surface area contributed by atoms with Crippen LogP contribution in [0.1, 0.15) is 78.6 Å². The molecule has 0 aromatic carbocycles. The lowest BCUT2D eigenvalue weighted by atomic mass is 10.2. The summed E-state index contributed by atoms with van der Waals surface area (Å²) in [5.41, 5.74) is 0.377. The van der Waals surface area contributed by atoms with Gasteiger partial charge in [-0.15, -0.1) is 0 Å². The predicted molar refractivity (Wildman–Crippen MR) is 125 cm³/mol. The first-order valence-electron chi connectivity index (χ1n) is 11.4. The molecule has 0 aromatic rings. The van der Waals surface area contributed by atoms with E-state index in [-0.39, 0.29) is 11.7 Å². The molecule has 3 rings (SSSR count). The molecule has 2 heterocycles. The van der Waals surface area contributed by atoms with E-state index in [1.807, 2.05) is 35.8 Å². The van der Waals surface area contributed by atoms with Crippen LogP contribution in [0.25, 0.3) is 0 Å². The topological polar surface area (TPSA) is 57.7 Å². The van der Waals surface area contributed by atoms with E-state index in [0.717, 1.165) is 38.9 Å². The summed E-state index contributed by atoms with van der Waals surface area (Å²) in [6.07, 6.45) is 17.1. The van der Waals surface area contributed by atoms with Gasteiger partial charge in [0, 0.05) is 38.0 Å². The number of nitrogens with zero attached hydrogens (tertiary/aromatic N) is 2. The Kier molecular flexibility index (Phi) is 15.4.